The van der Waals surface area contributed by atoms with Crippen LogP contribution in [-0.2, 0) is 17.8 Å². The van der Waals surface area contributed by atoms with Crippen LogP contribution in [0.2, 0.25) is 0 Å². The quantitative estimate of drug-likeness (QED) is 0.647. The molecule has 1 atom stereocenters. The number of amides is 2. The Bertz CT molecular complexity index is 1200. The summed E-state index contributed by atoms with van der Waals surface area (Å²) in [5.74, 6) is 0.116. The highest BCUT2D eigenvalue weighted by molar-refractivity contribution is 6.04. The Balaban J connectivity index is 1.40. The molecule has 1 aliphatic rings. The Morgan fingerprint density at radius 3 is 2.62 bits per heavy atom. The number of ether oxygens (including phenoxy) is 1. The average Bonchev–Trinajstić information content (AvgIpc) is 2.83. The van der Waals surface area contributed by atoms with Crippen molar-refractivity contribution >= 4 is 17.5 Å². The lowest BCUT2D eigenvalue weighted by Crippen LogP contribution is -2.37. The van der Waals surface area contributed by atoms with Gasteiger partial charge in [0, 0.05) is 17.8 Å². The summed E-state index contributed by atoms with van der Waals surface area (Å²) in [6, 6.07) is 21.9. The van der Waals surface area contributed by atoms with E-state index in [-0.39, 0.29) is 17.7 Å². The first-order valence-electron chi connectivity index (χ1n) is 10.4. The number of anilines is 1. The van der Waals surface area contributed by atoms with Gasteiger partial charge >= 0.3 is 0 Å². The molecule has 160 valence electrons. The monoisotopic (exact) mass is 425 g/mol. The third kappa shape index (κ3) is 4.79. The van der Waals surface area contributed by atoms with Crippen molar-refractivity contribution in [3.05, 3.63) is 94.5 Å². The van der Waals surface area contributed by atoms with E-state index in [1.54, 1.807) is 30.3 Å². The average molecular weight is 425 g/mol. The van der Waals surface area contributed by atoms with Crippen LogP contribution >= 0.6 is 0 Å². The molecule has 2 N–H and O–H groups in total. The summed E-state index contributed by atoms with van der Waals surface area (Å²) in [5.41, 5.74) is 4.70. The van der Waals surface area contributed by atoms with Crippen LogP contribution in [0.25, 0.3) is 0 Å². The minimum absolute atomic E-state index is 0.0501. The normalized spacial score (nSPS) is 14.4. The van der Waals surface area contributed by atoms with Crippen LogP contribution in [0.5, 0.6) is 5.75 Å². The zero-order chi connectivity index (χ0) is 22.5. The minimum atomic E-state index is -0.295. The maximum atomic E-state index is 12.7. The standard InChI is InChI=1S/C26H23N3O3/c1-17-4-2-3-5-20(17)15-28-25(30)22-12-21-13-23(10-11-24(21)32-16-22)29-26(31)19-8-6-18(14-27)7-9-19/h2-11,13,22H,12,15-16H2,1H3,(H,28,30)(H,29,31). The highest BCUT2D eigenvalue weighted by Crippen LogP contribution is 2.30. The zero-order valence-corrected chi connectivity index (χ0v) is 17.7. The summed E-state index contributed by atoms with van der Waals surface area (Å²) in [6.45, 7) is 2.83. The van der Waals surface area contributed by atoms with Crippen molar-refractivity contribution in [3.63, 3.8) is 0 Å². The fraction of sp³-hybridized carbons (Fsp3) is 0.192. The Labute approximate surface area is 186 Å². The first kappa shape index (κ1) is 21.1. The third-order valence-corrected chi connectivity index (χ3v) is 5.59. The molecule has 1 unspecified atom stereocenters. The fourth-order valence-corrected chi connectivity index (χ4v) is 3.68. The van der Waals surface area contributed by atoms with Gasteiger partial charge in [-0.1, -0.05) is 24.3 Å². The molecule has 1 aliphatic heterocycles. The second-order valence-electron chi connectivity index (χ2n) is 7.82. The van der Waals surface area contributed by atoms with Crippen LogP contribution in [-0.4, -0.2) is 18.4 Å². The second kappa shape index (κ2) is 9.36. The van der Waals surface area contributed by atoms with Gasteiger partial charge in [-0.05, 0) is 72.5 Å². The Morgan fingerprint density at radius 2 is 1.88 bits per heavy atom. The number of nitrogens with zero attached hydrogens (tertiary/aromatic N) is 1. The maximum Gasteiger partial charge on any atom is 0.255 e. The first-order chi connectivity index (χ1) is 15.5. The molecule has 0 spiro atoms. The van der Waals surface area contributed by atoms with Gasteiger partial charge in [-0.3, -0.25) is 9.59 Å². The molecule has 0 radical (unpaired) electrons. The van der Waals surface area contributed by atoms with E-state index in [4.69, 9.17) is 10.00 Å². The predicted octanol–water partition coefficient (Wildman–Crippen LogP) is 3.99. The molecule has 0 aromatic heterocycles. The molecule has 0 fully saturated rings. The number of carbonyl (C=O) groups is 2. The van der Waals surface area contributed by atoms with Crippen LogP contribution in [0.15, 0.2) is 66.7 Å². The fourth-order valence-electron chi connectivity index (χ4n) is 3.68. The summed E-state index contributed by atoms with van der Waals surface area (Å²) in [5, 5.41) is 14.8. The van der Waals surface area contributed by atoms with E-state index >= 15 is 0 Å². The molecule has 0 saturated carbocycles. The molecule has 32 heavy (non-hydrogen) atoms. The number of nitriles is 1. The predicted molar refractivity (Wildman–Crippen MR) is 121 cm³/mol. The van der Waals surface area contributed by atoms with E-state index in [0.29, 0.717) is 36.4 Å². The number of hydrogen-bond donors (Lipinski definition) is 2. The van der Waals surface area contributed by atoms with Crippen LogP contribution in [0.4, 0.5) is 5.69 Å². The van der Waals surface area contributed by atoms with E-state index in [9.17, 15) is 9.59 Å². The van der Waals surface area contributed by atoms with Crippen molar-refractivity contribution in [2.24, 2.45) is 5.92 Å². The Hall–Kier alpha value is -4.11. The molecule has 1 heterocycles. The summed E-state index contributed by atoms with van der Waals surface area (Å²) >= 11 is 0. The molecule has 0 saturated heterocycles. The molecule has 4 rings (SSSR count). The molecular weight excluding hydrogens is 402 g/mol. The topological polar surface area (TPSA) is 91.2 Å². The summed E-state index contributed by atoms with van der Waals surface area (Å²) in [6.07, 6.45) is 0.537. The highest BCUT2D eigenvalue weighted by Gasteiger charge is 2.26. The number of carbonyl (C=O) groups excluding carboxylic acids is 2. The number of aryl methyl sites for hydroxylation is 1. The third-order valence-electron chi connectivity index (χ3n) is 5.59. The zero-order valence-electron chi connectivity index (χ0n) is 17.7. The van der Waals surface area contributed by atoms with Gasteiger partial charge in [0.1, 0.15) is 12.4 Å². The number of rotatable bonds is 5. The van der Waals surface area contributed by atoms with Crippen molar-refractivity contribution in [2.45, 2.75) is 19.9 Å². The molecule has 6 nitrogen and oxygen atoms in total. The molecule has 2 amide bonds. The van der Waals surface area contributed by atoms with E-state index in [1.807, 2.05) is 49.4 Å². The summed E-state index contributed by atoms with van der Waals surface area (Å²) in [4.78, 5) is 25.2. The second-order valence-corrected chi connectivity index (χ2v) is 7.82. The van der Waals surface area contributed by atoms with Crippen molar-refractivity contribution < 1.29 is 14.3 Å². The van der Waals surface area contributed by atoms with Gasteiger partial charge < -0.3 is 15.4 Å². The van der Waals surface area contributed by atoms with E-state index < -0.39 is 0 Å². The highest BCUT2D eigenvalue weighted by atomic mass is 16.5. The van der Waals surface area contributed by atoms with Crippen molar-refractivity contribution in [2.75, 3.05) is 11.9 Å². The van der Waals surface area contributed by atoms with Gasteiger partial charge in [0.15, 0.2) is 0 Å². The van der Waals surface area contributed by atoms with Crippen LogP contribution in [0.3, 0.4) is 0 Å². The molecule has 3 aromatic rings. The number of fused-ring (bicyclic) bond motifs is 1. The van der Waals surface area contributed by atoms with Gasteiger partial charge in [0.2, 0.25) is 5.91 Å². The lowest BCUT2D eigenvalue weighted by Gasteiger charge is -2.25. The molecule has 0 aliphatic carbocycles. The van der Waals surface area contributed by atoms with Gasteiger partial charge in [-0.15, -0.1) is 0 Å². The van der Waals surface area contributed by atoms with Gasteiger partial charge in [0.25, 0.3) is 5.91 Å². The number of hydrogen-bond acceptors (Lipinski definition) is 4. The van der Waals surface area contributed by atoms with Gasteiger partial charge in [-0.2, -0.15) is 5.26 Å². The van der Waals surface area contributed by atoms with Crippen molar-refractivity contribution in [3.8, 4) is 11.8 Å². The van der Waals surface area contributed by atoms with E-state index in [2.05, 4.69) is 10.6 Å². The molecular formula is C26H23N3O3. The lowest BCUT2D eigenvalue weighted by atomic mass is 9.95. The van der Waals surface area contributed by atoms with Crippen LogP contribution in [0.1, 0.15) is 32.6 Å². The smallest absolute Gasteiger partial charge is 0.255 e. The lowest BCUT2D eigenvalue weighted by molar-refractivity contribution is -0.126. The largest absolute Gasteiger partial charge is 0.492 e. The van der Waals surface area contributed by atoms with Crippen LogP contribution < -0.4 is 15.4 Å². The molecule has 0 bridgehead atoms. The SMILES string of the molecule is Cc1ccccc1CNC(=O)C1COc2ccc(NC(=O)c3ccc(C#N)cc3)cc2C1. The number of nitrogens with one attached hydrogen (secondary N) is 2. The molecule has 6 heteroatoms. The van der Waals surface area contributed by atoms with Crippen molar-refractivity contribution in [1.29, 1.82) is 5.26 Å². The van der Waals surface area contributed by atoms with Crippen molar-refractivity contribution in [1.82, 2.24) is 5.32 Å². The van der Waals surface area contributed by atoms with Crippen LogP contribution in [0, 0.1) is 24.2 Å². The van der Waals surface area contributed by atoms with Gasteiger partial charge in [-0.25, -0.2) is 0 Å². The maximum absolute atomic E-state index is 12.7. The Morgan fingerprint density at radius 1 is 1.09 bits per heavy atom. The minimum Gasteiger partial charge on any atom is -0.492 e. The summed E-state index contributed by atoms with van der Waals surface area (Å²) < 4.78 is 5.80. The first-order valence-corrected chi connectivity index (χ1v) is 10.4. The summed E-state index contributed by atoms with van der Waals surface area (Å²) in [7, 11) is 0. The molecule has 3 aromatic carbocycles. The van der Waals surface area contributed by atoms with E-state index in [0.717, 1.165) is 22.4 Å². The Kier molecular flexibility index (Phi) is 6.18. The van der Waals surface area contributed by atoms with E-state index in [1.165, 1.54) is 0 Å². The number of benzene rings is 3. The van der Waals surface area contributed by atoms with Gasteiger partial charge in [0.05, 0.1) is 17.6 Å².